The number of hydrogen-bond donors (Lipinski definition) is 6. The maximum atomic E-state index is 14.7. The zero-order valence-corrected chi connectivity index (χ0v) is 43.9. The van der Waals surface area contributed by atoms with E-state index in [9.17, 15) is 28.8 Å². The fourth-order valence-corrected chi connectivity index (χ4v) is 14.1. The van der Waals surface area contributed by atoms with Gasteiger partial charge in [0.1, 0.15) is 36.3 Å². The Hall–Kier alpha value is -4.34. The molecule has 1 unspecified atom stereocenters. The first-order chi connectivity index (χ1) is 32.9. The lowest BCUT2D eigenvalue weighted by Gasteiger charge is -2.39. The Balaban J connectivity index is 1.06. The van der Waals surface area contributed by atoms with Gasteiger partial charge in [-0.25, -0.2) is 0 Å². The number of nitrogens with one attached hydrogen (secondary N) is 6. The minimum atomic E-state index is -1.06. The number of carbonyl (C=O) groups excluding carboxylic acids is 6. The zero-order chi connectivity index (χ0) is 49.8. The molecule has 5 heterocycles. The Labute approximate surface area is 425 Å². The lowest BCUT2D eigenvalue weighted by Crippen LogP contribution is -2.60. The first-order valence-corrected chi connectivity index (χ1v) is 26.9. The summed E-state index contributed by atoms with van der Waals surface area (Å²) in [7, 11) is 3.59. The third-order valence-electron chi connectivity index (χ3n) is 14.1. The van der Waals surface area contributed by atoms with Gasteiger partial charge in [0.25, 0.3) is 0 Å². The molecule has 6 N–H and O–H groups in total. The molecule has 5 fully saturated rings. The van der Waals surface area contributed by atoms with Crippen LogP contribution in [0, 0.1) is 10.8 Å². The van der Waals surface area contributed by atoms with Gasteiger partial charge in [0.2, 0.25) is 35.4 Å². The number of thioether (sulfide) groups is 2. The van der Waals surface area contributed by atoms with Crippen LogP contribution < -0.4 is 31.9 Å². The second kappa shape index (κ2) is 22.4. The van der Waals surface area contributed by atoms with E-state index >= 15 is 0 Å². The van der Waals surface area contributed by atoms with Gasteiger partial charge in [0, 0.05) is 32.7 Å². The van der Waals surface area contributed by atoms with E-state index in [1.807, 2.05) is 71.0 Å². The van der Waals surface area contributed by atoms with E-state index in [0.717, 1.165) is 5.75 Å². The number of benzene rings is 2. The minimum Gasteiger partial charge on any atom is -0.367 e. The largest absolute Gasteiger partial charge is 0.367 e. The molecule has 5 aliphatic heterocycles. The highest BCUT2D eigenvalue weighted by atomic mass is 32.2. The maximum Gasteiger partial charge on any atom is 0.249 e. The number of nitrogens with zero attached hydrogens (tertiary/aromatic N) is 4. The molecule has 0 aliphatic carbocycles. The van der Waals surface area contributed by atoms with Crippen LogP contribution in [0.1, 0.15) is 83.5 Å². The van der Waals surface area contributed by atoms with Crippen LogP contribution in [0.4, 0.5) is 0 Å². The molecule has 7 rings (SSSR count). The molecular weight excluding hydrogens is 953 g/mol. The fraction of sp³-hybridized carbons (Fsp3) is 0.592. The van der Waals surface area contributed by atoms with Crippen LogP contribution in [0.25, 0.3) is 0 Å². The first-order valence-electron chi connectivity index (χ1n) is 23.9. The molecule has 0 radical (unpaired) electrons. The molecular formula is C49H68N10O6S4. The third kappa shape index (κ3) is 11.6. The number of piperazine rings is 1. The van der Waals surface area contributed by atoms with Crippen molar-refractivity contribution in [1.29, 1.82) is 0 Å². The minimum absolute atomic E-state index is 0.141. The quantitative estimate of drug-likeness (QED) is 0.152. The summed E-state index contributed by atoms with van der Waals surface area (Å²) in [5, 5.41) is 18.4. The Morgan fingerprint density at radius 1 is 0.667 bits per heavy atom. The average Bonchev–Trinajstić information content (AvgIpc) is 3.65. The summed E-state index contributed by atoms with van der Waals surface area (Å²) in [5.74, 6) is -0.428. The summed E-state index contributed by atoms with van der Waals surface area (Å²) in [5.41, 5.74) is -0.00765. The van der Waals surface area contributed by atoms with E-state index in [-0.39, 0.29) is 66.6 Å². The van der Waals surface area contributed by atoms with E-state index in [4.69, 9.17) is 24.4 Å². The van der Waals surface area contributed by atoms with E-state index < -0.39 is 58.9 Å². The van der Waals surface area contributed by atoms with Crippen molar-refractivity contribution in [3.63, 3.8) is 0 Å². The Morgan fingerprint density at radius 2 is 1.07 bits per heavy atom. The predicted molar refractivity (Wildman–Crippen MR) is 279 cm³/mol. The summed E-state index contributed by atoms with van der Waals surface area (Å²) in [6.45, 7) is 11.0. The predicted octanol–water partition coefficient (Wildman–Crippen LogP) is 2.95. The number of fused-ring (bicyclic) bond motifs is 2. The molecule has 20 heteroatoms. The van der Waals surface area contributed by atoms with Gasteiger partial charge in [-0.15, -0.1) is 23.5 Å². The SMILES string of the molecule is CNCC(=S)N[C@H]1CCS[C@H]2CC(C)(C)[C@@H](C(=O)N[C@H](C(=O)N3CCN(C(=O)C(NC(=O)[C@H]4N5C(=O)[C@@H](NC(=S)[C@H](C)NC)CCS[C@H]5CC4(C)C)c4ccccc4)CC3)c3ccccc3)N2C1=O. The number of amides is 6. The molecule has 2 aromatic rings. The van der Waals surface area contributed by atoms with Gasteiger partial charge in [-0.2, -0.15) is 0 Å². The van der Waals surface area contributed by atoms with Gasteiger partial charge < -0.3 is 51.5 Å². The lowest BCUT2D eigenvalue weighted by molar-refractivity contribution is -0.147. The van der Waals surface area contributed by atoms with Crippen LogP contribution in [-0.2, 0) is 28.8 Å². The van der Waals surface area contributed by atoms with E-state index in [1.165, 1.54) is 0 Å². The van der Waals surface area contributed by atoms with Crippen LogP contribution in [0.2, 0.25) is 0 Å². The highest BCUT2D eigenvalue weighted by Crippen LogP contribution is 2.48. The number of rotatable bonds is 14. The summed E-state index contributed by atoms with van der Waals surface area (Å²) in [6.07, 6.45) is 2.34. The van der Waals surface area contributed by atoms with Crippen molar-refractivity contribution in [2.24, 2.45) is 10.8 Å². The van der Waals surface area contributed by atoms with Crippen LogP contribution in [-0.4, -0.2) is 164 Å². The highest BCUT2D eigenvalue weighted by molar-refractivity contribution is 8.00. The van der Waals surface area contributed by atoms with Crippen LogP contribution in [0.3, 0.4) is 0 Å². The molecule has 6 amide bonds. The van der Waals surface area contributed by atoms with Crippen molar-refractivity contribution in [1.82, 2.24) is 51.5 Å². The first kappa shape index (κ1) is 52.5. The third-order valence-corrected chi connectivity index (χ3v) is 17.4. The average molecular weight is 1020 g/mol. The molecule has 69 heavy (non-hydrogen) atoms. The van der Waals surface area contributed by atoms with Gasteiger partial charge in [0.05, 0.1) is 26.8 Å². The Bertz CT molecular complexity index is 2250. The van der Waals surface area contributed by atoms with Gasteiger partial charge in [-0.1, -0.05) is 113 Å². The van der Waals surface area contributed by atoms with E-state index in [2.05, 4.69) is 31.9 Å². The number of likely N-dealkylation sites (N-methyl/N-ethyl adjacent to an activating group) is 2. The van der Waals surface area contributed by atoms with Crippen molar-refractivity contribution in [2.45, 2.75) is 113 Å². The van der Waals surface area contributed by atoms with Crippen LogP contribution in [0.5, 0.6) is 0 Å². The van der Waals surface area contributed by atoms with Gasteiger partial charge >= 0.3 is 0 Å². The number of thiocarbonyl (C=S) groups is 2. The smallest absolute Gasteiger partial charge is 0.249 e. The van der Waals surface area contributed by atoms with Crippen molar-refractivity contribution in [2.75, 3.05) is 58.3 Å². The van der Waals surface area contributed by atoms with Crippen molar-refractivity contribution in [3.8, 4) is 0 Å². The highest BCUT2D eigenvalue weighted by Gasteiger charge is 2.56. The van der Waals surface area contributed by atoms with Crippen molar-refractivity contribution >= 4 is 93.4 Å². The zero-order valence-electron chi connectivity index (χ0n) is 40.6. The molecule has 5 aliphatic rings. The lowest BCUT2D eigenvalue weighted by atomic mass is 9.83. The number of carbonyl (C=O) groups is 6. The van der Waals surface area contributed by atoms with Crippen LogP contribution >= 0.6 is 48.0 Å². The van der Waals surface area contributed by atoms with Gasteiger partial charge in [-0.3, -0.25) is 28.8 Å². The fourth-order valence-electron chi connectivity index (χ4n) is 10.4. The molecule has 2 aromatic carbocycles. The molecule has 0 aromatic heterocycles. The van der Waals surface area contributed by atoms with Crippen molar-refractivity contribution < 1.29 is 28.8 Å². The second-order valence-electron chi connectivity index (χ2n) is 20.0. The van der Waals surface area contributed by atoms with Gasteiger partial charge in [-0.05, 0) is 80.2 Å². The molecule has 0 bridgehead atoms. The molecule has 16 nitrogen and oxygen atoms in total. The molecule has 9 atom stereocenters. The topological polar surface area (TPSA) is 188 Å². The van der Waals surface area contributed by atoms with Crippen molar-refractivity contribution in [3.05, 3.63) is 71.8 Å². The van der Waals surface area contributed by atoms with Crippen LogP contribution in [0.15, 0.2) is 60.7 Å². The maximum absolute atomic E-state index is 14.7. The Kier molecular flexibility index (Phi) is 17.0. The second-order valence-corrected chi connectivity index (χ2v) is 23.5. The van der Waals surface area contributed by atoms with Gasteiger partial charge in [0.15, 0.2) is 0 Å². The Morgan fingerprint density at radius 3 is 1.46 bits per heavy atom. The van der Waals surface area contributed by atoms with E-state index in [1.54, 1.807) is 81.5 Å². The number of hydrogen-bond acceptors (Lipinski definition) is 12. The summed E-state index contributed by atoms with van der Waals surface area (Å²) in [6, 6.07) is 13.0. The summed E-state index contributed by atoms with van der Waals surface area (Å²) >= 11 is 14.4. The standard InChI is InChI=1S/C49H68N10O6S4/c1-29(51-7)43(67)53-33-19-25-69-36-27-49(4,5)40(59(36)45(33)63)42(61)55-38(31-16-12-9-13-17-31)47(65)57-22-20-56(21-23-57)46(64)37(30-14-10-8-11-15-30)54-41(60)39-48(2,3)26-35-58(39)44(62)32(18-24-68-35)52-34(66)28-50-6/h8-17,29,32-33,35-40,50-51H,18-28H2,1-7H3,(H,52,66)(H,53,67)(H,54,60)(H,55,61)/t29-,32-,33-,35-,36-,37-,38?,39+,40+/m0/s1. The molecule has 0 saturated carbocycles. The normalized spacial score (nSPS) is 26.6. The molecule has 0 spiro atoms. The summed E-state index contributed by atoms with van der Waals surface area (Å²) < 4.78 is 0. The monoisotopic (exact) mass is 1020 g/mol. The van der Waals surface area contributed by atoms with E-state index in [0.29, 0.717) is 59.1 Å². The summed E-state index contributed by atoms with van der Waals surface area (Å²) in [4.78, 5) is 95.3. The molecule has 5 saturated heterocycles. The molecule has 374 valence electrons.